The summed E-state index contributed by atoms with van der Waals surface area (Å²) in [7, 11) is 3.26. The Morgan fingerprint density at radius 2 is 1.16 bits per heavy atom. The van der Waals surface area contributed by atoms with Gasteiger partial charge in [0.1, 0.15) is 45.6 Å². The molecule has 0 radical (unpaired) electrons. The maximum absolute atomic E-state index is 14.4. The van der Waals surface area contributed by atoms with E-state index in [0.717, 1.165) is 16.9 Å². The van der Waals surface area contributed by atoms with Gasteiger partial charge in [-0.1, -0.05) is 83.3 Å². The third-order valence-electron chi connectivity index (χ3n) is 12.0. The molecule has 4 bridgehead atoms. The van der Waals surface area contributed by atoms with Crippen molar-refractivity contribution < 1.29 is 43.3 Å². The van der Waals surface area contributed by atoms with Gasteiger partial charge < -0.3 is 56.3 Å². The first kappa shape index (κ1) is 49.2. The first-order valence-electron chi connectivity index (χ1n) is 22.5. The summed E-state index contributed by atoms with van der Waals surface area (Å²) >= 11 is 2.36. The summed E-state index contributed by atoms with van der Waals surface area (Å²) in [6, 6.07) is 13.1. The molecule has 7 N–H and O–H groups in total. The number of amides is 6. The number of aliphatic hydroxyl groups excluding tert-OH is 1. The van der Waals surface area contributed by atoms with Gasteiger partial charge in [-0.2, -0.15) is 0 Å². The van der Waals surface area contributed by atoms with Crippen LogP contribution >= 0.6 is 22.7 Å². The average molecular weight is 959 g/mol. The van der Waals surface area contributed by atoms with Crippen LogP contribution < -0.4 is 31.9 Å². The van der Waals surface area contributed by atoms with Gasteiger partial charge >= 0.3 is 0 Å². The summed E-state index contributed by atoms with van der Waals surface area (Å²) in [5.74, 6) is -2.87. The highest BCUT2D eigenvalue weighted by atomic mass is 32.1. The van der Waals surface area contributed by atoms with Crippen LogP contribution in [0.15, 0.2) is 60.7 Å². The van der Waals surface area contributed by atoms with Crippen molar-refractivity contribution in [3.05, 3.63) is 60.7 Å². The molecule has 5 heterocycles. The normalized spacial score (nSPS) is 23.4. The van der Waals surface area contributed by atoms with E-state index in [2.05, 4.69) is 31.9 Å². The van der Waals surface area contributed by atoms with Gasteiger partial charge in [-0.3, -0.25) is 28.8 Å². The molecule has 67 heavy (non-hydrogen) atoms. The lowest BCUT2D eigenvalue weighted by molar-refractivity contribution is -0.142. The number of thiazole rings is 2. The lowest BCUT2D eigenvalue weighted by Gasteiger charge is -2.29. The van der Waals surface area contributed by atoms with Crippen LogP contribution in [0.3, 0.4) is 0 Å². The largest absolute Gasteiger partial charge is 0.391 e. The monoisotopic (exact) mass is 958 g/mol. The summed E-state index contributed by atoms with van der Waals surface area (Å²) in [5, 5.41) is 30.0. The third kappa shape index (κ3) is 11.9. The number of benzene rings is 2. The number of likely N-dealkylation sites (N-methyl/N-ethyl adjacent to an activating group) is 2. The van der Waals surface area contributed by atoms with Crippen molar-refractivity contribution in [1.82, 2.24) is 41.0 Å². The summed E-state index contributed by atoms with van der Waals surface area (Å²) in [4.78, 5) is 96.4. The van der Waals surface area contributed by atoms with Gasteiger partial charge in [-0.25, -0.2) is 9.97 Å². The molecule has 2 aromatic heterocycles. The van der Waals surface area contributed by atoms with Crippen molar-refractivity contribution in [2.45, 2.75) is 88.3 Å². The van der Waals surface area contributed by atoms with Gasteiger partial charge in [0.05, 0.1) is 31.4 Å². The van der Waals surface area contributed by atoms with Crippen molar-refractivity contribution in [2.75, 3.05) is 64.2 Å². The van der Waals surface area contributed by atoms with Crippen molar-refractivity contribution in [1.29, 1.82) is 0 Å². The number of aliphatic hydroxyl groups is 1. The predicted octanol–water partition coefficient (Wildman–Crippen LogP) is 2.44. The smallest absolute Gasteiger partial charge is 0.248 e. The summed E-state index contributed by atoms with van der Waals surface area (Å²) in [5.41, 5.74) is 2.34. The minimum Gasteiger partial charge on any atom is -0.391 e. The Bertz CT molecular complexity index is 2380. The second kappa shape index (κ2) is 22.9. The van der Waals surface area contributed by atoms with E-state index in [1.165, 1.54) is 21.1 Å². The minimum absolute atomic E-state index is 0.0442. The molecule has 6 amide bonds. The van der Waals surface area contributed by atoms with Crippen LogP contribution in [-0.4, -0.2) is 156 Å². The number of nitrogens with one attached hydrogen (secondary N) is 6. The van der Waals surface area contributed by atoms with Gasteiger partial charge in [0, 0.05) is 43.9 Å². The van der Waals surface area contributed by atoms with E-state index in [1.54, 1.807) is 27.9 Å². The highest BCUT2D eigenvalue weighted by Crippen LogP contribution is 2.44. The molecule has 19 nitrogen and oxygen atoms in total. The van der Waals surface area contributed by atoms with Gasteiger partial charge in [-0.15, -0.1) is 0 Å². The van der Waals surface area contributed by atoms with Gasteiger partial charge in [0.15, 0.2) is 10.0 Å². The molecule has 7 atom stereocenters. The zero-order valence-electron chi connectivity index (χ0n) is 37.9. The summed E-state index contributed by atoms with van der Waals surface area (Å²) in [6.07, 6.45) is 0.878. The van der Waals surface area contributed by atoms with E-state index in [1.807, 2.05) is 60.7 Å². The molecule has 7 rings (SSSR count). The Balaban J connectivity index is 1.26. The molecule has 3 aliphatic heterocycles. The molecule has 0 unspecified atom stereocenters. The number of hydrogen-bond acceptors (Lipinski definition) is 15. The molecule has 358 valence electrons. The maximum atomic E-state index is 14.4. The first-order valence-corrected chi connectivity index (χ1v) is 24.1. The average Bonchev–Trinajstić information content (AvgIpc) is 4.17. The maximum Gasteiger partial charge on any atom is 0.248 e. The van der Waals surface area contributed by atoms with Crippen LogP contribution in [0, 0.1) is 0 Å². The predicted molar refractivity (Wildman–Crippen MR) is 254 cm³/mol. The molecule has 0 spiro atoms. The van der Waals surface area contributed by atoms with Crippen molar-refractivity contribution in [3.8, 4) is 32.5 Å². The molecule has 0 aliphatic carbocycles. The fraction of sp³-hybridized carbons (Fsp3) is 0.478. The van der Waals surface area contributed by atoms with Gasteiger partial charge in [-0.05, 0) is 53.6 Å². The minimum atomic E-state index is -1.18. The lowest BCUT2D eigenvalue weighted by atomic mass is 10.1. The molecule has 4 aromatic rings. The summed E-state index contributed by atoms with van der Waals surface area (Å²) in [6.45, 7) is 3.50. The number of carbonyl (C=O) groups is 6. The van der Waals surface area contributed by atoms with Gasteiger partial charge in [0.25, 0.3) is 0 Å². The zero-order valence-corrected chi connectivity index (χ0v) is 39.5. The highest BCUT2D eigenvalue weighted by molar-refractivity contribution is 7.25. The Morgan fingerprint density at radius 1 is 0.701 bits per heavy atom. The topological polar surface area (TPSA) is 246 Å². The fourth-order valence-electron chi connectivity index (χ4n) is 7.99. The van der Waals surface area contributed by atoms with E-state index < -0.39 is 77.8 Å². The first-order chi connectivity index (χ1) is 32.4. The number of nitrogens with zero attached hydrogens (tertiary/aromatic N) is 4. The van der Waals surface area contributed by atoms with Crippen LogP contribution in [0.1, 0.15) is 46.0 Å². The number of rotatable bonds is 8. The van der Waals surface area contributed by atoms with Crippen molar-refractivity contribution >= 4 is 68.1 Å². The van der Waals surface area contributed by atoms with Gasteiger partial charge in [0.2, 0.25) is 35.4 Å². The molecule has 21 heteroatoms. The Kier molecular flexibility index (Phi) is 16.8. The molecule has 0 saturated carbocycles. The zero-order chi connectivity index (χ0) is 47.6. The molecule has 2 aromatic carbocycles. The number of aromatic nitrogens is 2. The standard InChI is InChI=1S/C46H58N10O9S2/c1-26(47-3)37(58)49-31-24-64-20-11-12-21-65-25-32(50-38(59)27(2)48-4)46(63)56-23-30(57)22-34(56)40(61)54-42-36(29-16-9-6-10-17-29)52-44(67-42)43-51-35(28-14-7-5-8-15-28)41(66-43)53-39(60)33-18-13-19-55(33)45(31)62/h5-10,14-17,26-27,30-34,47-48,57H,11-13,18-25H2,1-4H3,(H,49,58)(H,50,59)(H,53,60)(H,54,61)/t26-,27-,30-,31-,32-,33-,34-/m0/s1. The SMILES string of the molecule is CN[C@@H](C)C(=O)N[C@H]1COCCCCOC[C@H](NC(=O)[C@H](C)NC)C(=O)N2C[C@@H](O)C[C@H]2C(=O)Nc2sc(nc2-c2ccccc2)-c2nc(-c3ccccc3)c(s2)NC(=O)[C@@H]2CCCN2C1=O. The number of ether oxygens (including phenoxy) is 2. The van der Waals surface area contributed by atoms with Crippen LogP contribution in [0.25, 0.3) is 32.5 Å². The van der Waals surface area contributed by atoms with Crippen LogP contribution in [0.5, 0.6) is 0 Å². The van der Waals surface area contributed by atoms with Crippen molar-refractivity contribution in [3.63, 3.8) is 0 Å². The van der Waals surface area contributed by atoms with E-state index in [0.29, 0.717) is 69.2 Å². The van der Waals surface area contributed by atoms with E-state index in [9.17, 15) is 33.9 Å². The number of anilines is 2. The van der Waals surface area contributed by atoms with Crippen LogP contribution in [-0.2, 0) is 38.2 Å². The Morgan fingerprint density at radius 3 is 1.64 bits per heavy atom. The number of hydrogen-bond donors (Lipinski definition) is 7. The molecule has 2 saturated heterocycles. The third-order valence-corrected chi connectivity index (χ3v) is 14.1. The second-order valence-corrected chi connectivity index (χ2v) is 18.7. The summed E-state index contributed by atoms with van der Waals surface area (Å²) < 4.78 is 11.9. The Labute approximate surface area is 396 Å². The lowest BCUT2D eigenvalue weighted by Crippen LogP contribution is -2.56. The quantitative estimate of drug-likeness (QED) is 0.134. The van der Waals surface area contributed by atoms with E-state index in [-0.39, 0.29) is 39.4 Å². The highest BCUT2D eigenvalue weighted by Gasteiger charge is 2.43. The molecular weight excluding hydrogens is 901 g/mol. The van der Waals surface area contributed by atoms with E-state index >= 15 is 0 Å². The fourth-order valence-corrected chi connectivity index (χ4v) is 9.99. The Hall–Kier alpha value is -5.68. The van der Waals surface area contributed by atoms with E-state index in [4.69, 9.17) is 19.4 Å². The second-order valence-electron chi connectivity index (χ2n) is 16.7. The van der Waals surface area contributed by atoms with Crippen LogP contribution in [0.4, 0.5) is 10.0 Å². The molecule has 2 fully saturated rings. The number of fused-ring (bicyclic) bond motifs is 7. The molecule has 3 aliphatic rings. The van der Waals surface area contributed by atoms with Crippen LogP contribution in [0.2, 0.25) is 0 Å². The number of carbonyl (C=O) groups excluding carboxylic acids is 6. The van der Waals surface area contributed by atoms with Crippen molar-refractivity contribution in [2.24, 2.45) is 0 Å². The molecular formula is C46H58N10O9S2.